The van der Waals surface area contributed by atoms with Crippen LogP contribution in [0.1, 0.15) is 52.8 Å². The third kappa shape index (κ3) is 5.23. The van der Waals surface area contributed by atoms with Gasteiger partial charge in [0.2, 0.25) is 10.0 Å². The average Bonchev–Trinajstić information content (AvgIpc) is 3.64. The van der Waals surface area contributed by atoms with E-state index in [1.54, 1.807) is 24.3 Å². The zero-order chi connectivity index (χ0) is 29.1. The number of furan rings is 1. The number of halogens is 2. The van der Waals surface area contributed by atoms with E-state index in [4.69, 9.17) is 20.7 Å². The Morgan fingerprint density at radius 1 is 1.15 bits per heavy atom. The van der Waals surface area contributed by atoms with Crippen molar-refractivity contribution in [3.05, 3.63) is 82.1 Å². The molecule has 1 aliphatic carbocycles. The van der Waals surface area contributed by atoms with Crippen LogP contribution in [0.25, 0.3) is 22.3 Å². The molecular formula is C29H27BClFN2O6S. The summed E-state index contributed by atoms with van der Waals surface area (Å²) in [4.78, 5) is 13.0. The summed E-state index contributed by atoms with van der Waals surface area (Å²) in [6.45, 7) is 0.0707. The van der Waals surface area contributed by atoms with Gasteiger partial charge in [0.1, 0.15) is 17.2 Å². The first-order valence-corrected chi connectivity index (χ1v) is 15.5. The maximum absolute atomic E-state index is 13.6. The highest BCUT2D eigenvalue weighted by atomic mass is 35.5. The molecule has 8 nitrogen and oxygen atoms in total. The summed E-state index contributed by atoms with van der Waals surface area (Å²) in [7, 11) is -3.36. The van der Waals surface area contributed by atoms with E-state index in [9.17, 15) is 22.6 Å². The summed E-state index contributed by atoms with van der Waals surface area (Å²) < 4.78 is 53.3. The van der Waals surface area contributed by atoms with Crippen LogP contribution >= 0.6 is 11.6 Å². The first-order chi connectivity index (χ1) is 19.5. The number of anilines is 1. The number of nitrogens with zero attached hydrogens (tertiary/aromatic N) is 1. The molecule has 1 amide bonds. The highest BCUT2D eigenvalue weighted by Crippen LogP contribution is 2.48. The Kier molecular flexibility index (Phi) is 7.09. The molecule has 1 saturated carbocycles. The minimum atomic E-state index is -3.76. The Labute approximate surface area is 242 Å². The lowest BCUT2D eigenvalue weighted by molar-refractivity contribution is 0.0964. The Hall–Kier alpha value is -3.38. The van der Waals surface area contributed by atoms with Crippen LogP contribution in [-0.2, 0) is 14.7 Å². The maximum atomic E-state index is 13.6. The summed E-state index contributed by atoms with van der Waals surface area (Å²) in [6, 6.07) is 14.2. The van der Waals surface area contributed by atoms with Crippen molar-refractivity contribution in [2.75, 3.05) is 24.2 Å². The van der Waals surface area contributed by atoms with Crippen molar-refractivity contribution in [3.63, 3.8) is 0 Å². The van der Waals surface area contributed by atoms with Gasteiger partial charge in [-0.05, 0) is 84.2 Å². The number of rotatable bonds is 8. The first-order valence-electron chi connectivity index (χ1n) is 13.2. The van der Waals surface area contributed by atoms with Gasteiger partial charge in [-0.2, -0.15) is 0 Å². The van der Waals surface area contributed by atoms with Crippen molar-refractivity contribution >= 4 is 56.8 Å². The lowest BCUT2D eigenvalue weighted by Crippen LogP contribution is -2.32. The fourth-order valence-corrected chi connectivity index (χ4v) is 6.65. The second-order valence-electron chi connectivity index (χ2n) is 10.4. The van der Waals surface area contributed by atoms with Crippen molar-refractivity contribution < 1.29 is 31.7 Å². The van der Waals surface area contributed by atoms with Crippen molar-refractivity contribution in [3.8, 4) is 11.3 Å². The molecule has 2 heterocycles. The molecule has 4 aromatic rings. The average molecular weight is 597 g/mol. The molecule has 1 unspecified atom stereocenters. The number of hydrogen-bond acceptors (Lipinski definition) is 6. The molecule has 3 aromatic carbocycles. The molecule has 1 fully saturated rings. The third-order valence-corrected chi connectivity index (χ3v) is 9.05. The topological polar surface area (TPSA) is 109 Å². The number of hydrogen-bond donors (Lipinski definition) is 2. The van der Waals surface area contributed by atoms with E-state index >= 15 is 0 Å². The van der Waals surface area contributed by atoms with Crippen molar-refractivity contribution in [1.29, 1.82) is 0 Å². The number of nitrogens with one attached hydrogen (secondary N) is 1. The minimum Gasteiger partial charge on any atom is -0.455 e. The summed E-state index contributed by atoms with van der Waals surface area (Å²) >= 11 is 6.18. The van der Waals surface area contributed by atoms with Crippen molar-refractivity contribution in [1.82, 2.24) is 5.32 Å². The van der Waals surface area contributed by atoms with E-state index in [0.29, 0.717) is 38.3 Å². The van der Waals surface area contributed by atoms with Crippen LogP contribution in [0, 0.1) is 5.82 Å². The van der Waals surface area contributed by atoms with Gasteiger partial charge in [0.25, 0.3) is 5.91 Å². The molecule has 41 heavy (non-hydrogen) atoms. The van der Waals surface area contributed by atoms with Gasteiger partial charge in [0, 0.05) is 35.6 Å². The Balaban J connectivity index is 1.44. The van der Waals surface area contributed by atoms with Gasteiger partial charge in [0.05, 0.1) is 23.6 Å². The van der Waals surface area contributed by atoms with Crippen LogP contribution in [0.3, 0.4) is 0 Å². The van der Waals surface area contributed by atoms with Crippen molar-refractivity contribution in [2.24, 2.45) is 0 Å². The van der Waals surface area contributed by atoms with E-state index in [1.807, 2.05) is 6.07 Å². The Morgan fingerprint density at radius 2 is 1.88 bits per heavy atom. The maximum Gasteiger partial charge on any atom is 0.491 e. The van der Waals surface area contributed by atoms with Crippen LogP contribution in [0.4, 0.5) is 10.1 Å². The zero-order valence-corrected chi connectivity index (χ0v) is 23.9. The SMILES string of the molecule is CNC(=O)c1c(-c2ccc(F)cc2)oc2cc(N(CCC3OB(O)c4ccc(Cl)cc43)S(C)(=O)=O)c(C3CC3)cc12. The van der Waals surface area contributed by atoms with E-state index in [2.05, 4.69) is 5.32 Å². The molecule has 2 aliphatic rings. The monoisotopic (exact) mass is 596 g/mol. The van der Waals surface area contributed by atoms with E-state index in [1.165, 1.54) is 35.6 Å². The molecule has 0 spiro atoms. The molecule has 1 aromatic heterocycles. The van der Waals surface area contributed by atoms with Crippen molar-refractivity contribution in [2.45, 2.75) is 31.3 Å². The molecule has 1 atom stereocenters. The Bertz CT molecular complexity index is 1770. The quantitative estimate of drug-likeness (QED) is 0.284. The van der Waals surface area contributed by atoms with Crippen LogP contribution in [0.15, 0.2) is 59.0 Å². The summed E-state index contributed by atoms with van der Waals surface area (Å²) in [5.74, 6) is -0.389. The Morgan fingerprint density at radius 3 is 2.54 bits per heavy atom. The molecular weight excluding hydrogens is 570 g/mol. The van der Waals surface area contributed by atoms with Gasteiger partial charge in [-0.25, -0.2) is 12.8 Å². The highest BCUT2D eigenvalue weighted by molar-refractivity contribution is 7.92. The van der Waals surface area contributed by atoms with E-state index in [0.717, 1.165) is 30.2 Å². The minimum absolute atomic E-state index is 0.0707. The molecule has 6 rings (SSSR count). The predicted molar refractivity (Wildman–Crippen MR) is 157 cm³/mol. The van der Waals surface area contributed by atoms with Gasteiger partial charge in [-0.3, -0.25) is 9.10 Å². The van der Waals surface area contributed by atoms with Gasteiger partial charge in [0.15, 0.2) is 0 Å². The predicted octanol–water partition coefficient (Wildman–Crippen LogP) is 4.74. The molecule has 212 valence electrons. The molecule has 12 heteroatoms. The number of amides is 1. The van der Waals surface area contributed by atoms with Gasteiger partial charge in [-0.15, -0.1) is 0 Å². The highest BCUT2D eigenvalue weighted by Gasteiger charge is 2.37. The normalized spacial score (nSPS) is 16.7. The van der Waals surface area contributed by atoms with Gasteiger partial charge >= 0.3 is 7.12 Å². The summed E-state index contributed by atoms with van der Waals surface area (Å²) in [5, 5.41) is 14.1. The second kappa shape index (κ2) is 10.5. The second-order valence-corrected chi connectivity index (χ2v) is 12.8. The van der Waals surface area contributed by atoms with E-state index < -0.39 is 29.1 Å². The van der Waals surface area contributed by atoms with Crippen LogP contribution < -0.4 is 15.1 Å². The number of carbonyl (C=O) groups is 1. The smallest absolute Gasteiger partial charge is 0.455 e. The molecule has 0 saturated heterocycles. The molecule has 0 radical (unpaired) electrons. The fourth-order valence-electron chi connectivity index (χ4n) is 5.52. The third-order valence-electron chi connectivity index (χ3n) is 7.63. The van der Waals surface area contributed by atoms with Crippen LogP contribution in [0.5, 0.6) is 0 Å². The first kappa shape index (κ1) is 27.8. The number of benzene rings is 3. The lowest BCUT2D eigenvalue weighted by atomic mass is 9.79. The number of fused-ring (bicyclic) bond motifs is 2. The molecule has 1 aliphatic heterocycles. The molecule has 0 bridgehead atoms. The number of sulfonamides is 1. The van der Waals surface area contributed by atoms with Gasteiger partial charge < -0.3 is 19.4 Å². The van der Waals surface area contributed by atoms with Crippen LogP contribution in [-0.4, -0.2) is 46.3 Å². The molecule has 2 N–H and O–H groups in total. The largest absolute Gasteiger partial charge is 0.491 e. The fraction of sp³-hybridized carbons (Fsp3) is 0.276. The standard InChI is InChI=1S/C29H27BClFN2O6S/c1-33-29(35)27-22-14-20(16-3-4-16)24(15-26(22)39-28(27)17-5-8-19(32)9-6-17)34(41(2,37)38)12-11-25-21-13-18(31)7-10-23(21)30(36)40-25/h5-10,13-16,25,36H,3-4,11-12H2,1-2H3,(H,33,35). The summed E-state index contributed by atoms with van der Waals surface area (Å²) in [6.07, 6.45) is 2.63. The number of carbonyl (C=O) groups excluding carboxylic acids is 1. The van der Waals surface area contributed by atoms with Crippen LogP contribution in [0.2, 0.25) is 5.02 Å². The lowest BCUT2D eigenvalue weighted by Gasteiger charge is -2.26. The van der Waals surface area contributed by atoms with Gasteiger partial charge in [-0.1, -0.05) is 17.7 Å². The van der Waals surface area contributed by atoms with E-state index in [-0.39, 0.29) is 30.6 Å². The zero-order valence-electron chi connectivity index (χ0n) is 22.4. The summed E-state index contributed by atoms with van der Waals surface area (Å²) in [5.41, 5.74) is 3.75.